The molecule has 0 saturated carbocycles. The zero-order valence-corrected chi connectivity index (χ0v) is 13.5. The lowest BCUT2D eigenvalue weighted by Gasteiger charge is -2.22. The molecule has 2 amide bonds. The molecule has 1 aromatic carbocycles. The van der Waals surface area contributed by atoms with Crippen molar-refractivity contribution in [2.45, 2.75) is 39.7 Å². The maximum absolute atomic E-state index is 12.2. The fraction of sp³-hybridized carbons (Fsp3) is 0.529. The Kier molecular flexibility index (Phi) is 5.55. The number of piperidine rings is 1. The number of carbonyl (C=O) groups is 2. The van der Waals surface area contributed by atoms with Crippen LogP contribution in [0.15, 0.2) is 18.2 Å². The standard InChI is InChI=1S/C17H25N3O2/c1-11(2)19-17(22)15-5-4-14(10-12(15)3)20-16(21)13-6-8-18-9-7-13/h4-5,10-11,13,18H,6-9H2,1-3H3,(H,19,22)(H,20,21). The molecule has 5 nitrogen and oxygen atoms in total. The van der Waals surface area contributed by atoms with Gasteiger partial charge in [-0.05, 0) is 70.5 Å². The van der Waals surface area contributed by atoms with Crippen LogP contribution in [0.1, 0.15) is 42.6 Å². The Balaban J connectivity index is 2.02. The van der Waals surface area contributed by atoms with Crippen LogP contribution in [0.25, 0.3) is 0 Å². The molecule has 0 radical (unpaired) electrons. The molecule has 1 saturated heterocycles. The van der Waals surface area contributed by atoms with Gasteiger partial charge in [0.25, 0.3) is 5.91 Å². The molecule has 5 heteroatoms. The second-order valence-corrected chi connectivity index (χ2v) is 6.17. The fourth-order valence-corrected chi connectivity index (χ4v) is 2.66. The third-order valence-electron chi connectivity index (χ3n) is 3.87. The van der Waals surface area contributed by atoms with Gasteiger partial charge in [-0.15, -0.1) is 0 Å². The summed E-state index contributed by atoms with van der Waals surface area (Å²) < 4.78 is 0. The monoisotopic (exact) mass is 303 g/mol. The quantitative estimate of drug-likeness (QED) is 0.797. The molecule has 22 heavy (non-hydrogen) atoms. The first-order valence-corrected chi connectivity index (χ1v) is 7.90. The lowest BCUT2D eigenvalue weighted by molar-refractivity contribution is -0.120. The first-order valence-electron chi connectivity index (χ1n) is 7.90. The Morgan fingerprint density at radius 3 is 2.50 bits per heavy atom. The first-order chi connectivity index (χ1) is 10.5. The minimum absolute atomic E-state index is 0.0697. The van der Waals surface area contributed by atoms with Crippen molar-refractivity contribution >= 4 is 17.5 Å². The van der Waals surface area contributed by atoms with Crippen LogP contribution in [0.2, 0.25) is 0 Å². The molecule has 0 bridgehead atoms. The maximum Gasteiger partial charge on any atom is 0.251 e. The summed E-state index contributed by atoms with van der Waals surface area (Å²) in [6.07, 6.45) is 1.75. The SMILES string of the molecule is Cc1cc(NC(=O)C2CCNCC2)ccc1C(=O)NC(C)C. The molecule has 3 N–H and O–H groups in total. The highest BCUT2D eigenvalue weighted by atomic mass is 16.2. The smallest absolute Gasteiger partial charge is 0.251 e. The van der Waals surface area contributed by atoms with E-state index in [0.29, 0.717) is 5.56 Å². The highest BCUT2D eigenvalue weighted by Crippen LogP contribution is 2.18. The van der Waals surface area contributed by atoms with Gasteiger partial charge < -0.3 is 16.0 Å². The average Bonchev–Trinajstić information content (AvgIpc) is 2.47. The molecular weight excluding hydrogens is 278 g/mol. The molecule has 1 aliphatic rings. The van der Waals surface area contributed by atoms with Gasteiger partial charge in [0.1, 0.15) is 0 Å². The third-order valence-corrected chi connectivity index (χ3v) is 3.87. The van der Waals surface area contributed by atoms with Crippen LogP contribution in [-0.2, 0) is 4.79 Å². The number of amides is 2. The Labute approximate surface area is 131 Å². The molecule has 0 aliphatic carbocycles. The summed E-state index contributed by atoms with van der Waals surface area (Å²) in [5, 5.41) is 9.09. The van der Waals surface area contributed by atoms with E-state index in [-0.39, 0.29) is 23.8 Å². The van der Waals surface area contributed by atoms with Crippen LogP contribution in [0, 0.1) is 12.8 Å². The number of anilines is 1. The van der Waals surface area contributed by atoms with Crippen LogP contribution in [-0.4, -0.2) is 30.9 Å². The van der Waals surface area contributed by atoms with E-state index in [9.17, 15) is 9.59 Å². The van der Waals surface area contributed by atoms with Gasteiger partial charge in [-0.25, -0.2) is 0 Å². The highest BCUT2D eigenvalue weighted by molar-refractivity contribution is 5.97. The van der Waals surface area contributed by atoms with Crippen molar-refractivity contribution in [3.05, 3.63) is 29.3 Å². The molecule has 1 heterocycles. The predicted octanol–water partition coefficient (Wildman–Crippen LogP) is 2.07. The second-order valence-electron chi connectivity index (χ2n) is 6.17. The van der Waals surface area contributed by atoms with Crippen molar-refractivity contribution in [3.8, 4) is 0 Å². The highest BCUT2D eigenvalue weighted by Gasteiger charge is 2.21. The second kappa shape index (κ2) is 7.40. The van der Waals surface area contributed by atoms with E-state index in [1.54, 1.807) is 12.1 Å². The van der Waals surface area contributed by atoms with Crippen molar-refractivity contribution in [1.82, 2.24) is 10.6 Å². The van der Waals surface area contributed by atoms with E-state index >= 15 is 0 Å². The van der Waals surface area contributed by atoms with Crippen molar-refractivity contribution in [2.75, 3.05) is 18.4 Å². The summed E-state index contributed by atoms with van der Waals surface area (Å²) in [5.74, 6) is 0.0643. The Bertz CT molecular complexity index is 549. The van der Waals surface area contributed by atoms with Gasteiger partial charge in [0.15, 0.2) is 0 Å². The molecule has 0 spiro atoms. The molecule has 120 valence electrons. The molecule has 1 aromatic rings. The van der Waals surface area contributed by atoms with Gasteiger partial charge >= 0.3 is 0 Å². The van der Waals surface area contributed by atoms with E-state index in [1.165, 1.54) is 0 Å². The summed E-state index contributed by atoms with van der Waals surface area (Å²) in [6.45, 7) is 7.54. The molecule has 0 aromatic heterocycles. The molecular formula is C17H25N3O2. The third kappa shape index (κ3) is 4.31. The van der Waals surface area contributed by atoms with Crippen LogP contribution < -0.4 is 16.0 Å². The minimum atomic E-state index is -0.0799. The number of rotatable bonds is 4. The Hall–Kier alpha value is -1.88. The van der Waals surface area contributed by atoms with E-state index < -0.39 is 0 Å². The summed E-state index contributed by atoms with van der Waals surface area (Å²) in [4.78, 5) is 24.3. The van der Waals surface area contributed by atoms with Crippen LogP contribution >= 0.6 is 0 Å². The Morgan fingerprint density at radius 2 is 1.91 bits per heavy atom. The van der Waals surface area contributed by atoms with Crippen molar-refractivity contribution in [1.29, 1.82) is 0 Å². The molecule has 2 rings (SSSR count). The van der Waals surface area contributed by atoms with Gasteiger partial charge in [-0.1, -0.05) is 0 Å². The van der Waals surface area contributed by atoms with Crippen LogP contribution in [0.5, 0.6) is 0 Å². The number of benzene rings is 1. The van der Waals surface area contributed by atoms with E-state index in [4.69, 9.17) is 0 Å². The van der Waals surface area contributed by atoms with Crippen molar-refractivity contribution in [3.63, 3.8) is 0 Å². The summed E-state index contributed by atoms with van der Waals surface area (Å²) in [5.41, 5.74) is 2.26. The number of aryl methyl sites for hydroxylation is 1. The molecule has 1 fully saturated rings. The largest absolute Gasteiger partial charge is 0.350 e. The predicted molar refractivity (Wildman–Crippen MR) is 88.0 cm³/mol. The van der Waals surface area contributed by atoms with E-state index in [2.05, 4.69) is 16.0 Å². The molecule has 1 aliphatic heterocycles. The minimum Gasteiger partial charge on any atom is -0.350 e. The van der Waals surface area contributed by atoms with Gasteiger partial charge in [-0.3, -0.25) is 9.59 Å². The van der Waals surface area contributed by atoms with Gasteiger partial charge in [-0.2, -0.15) is 0 Å². The zero-order chi connectivity index (χ0) is 16.1. The van der Waals surface area contributed by atoms with Crippen molar-refractivity contribution < 1.29 is 9.59 Å². The first kappa shape index (κ1) is 16.5. The Morgan fingerprint density at radius 1 is 1.23 bits per heavy atom. The summed E-state index contributed by atoms with van der Waals surface area (Å²) in [6, 6.07) is 5.52. The van der Waals surface area contributed by atoms with Gasteiger partial charge in [0.05, 0.1) is 0 Å². The number of nitrogens with one attached hydrogen (secondary N) is 3. The van der Waals surface area contributed by atoms with Gasteiger partial charge in [0, 0.05) is 23.2 Å². The lowest BCUT2D eigenvalue weighted by atomic mass is 9.97. The fourth-order valence-electron chi connectivity index (χ4n) is 2.66. The maximum atomic E-state index is 12.2. The molecule has 0 unspecified atom stereocenters. The van der Waals surface area contributed by atoms with Crippen molar-refractivity contribution in [2.24, 2.45) is 5.92 Å². The lowest BCUT2D eigenvalue weighted by Crippen LogP contribution is -2.34. The van der Waals surface area contributed by atoms with Crippen LogP contribution in [0.4, 0.5) is 5.69 Å². The van der Waals surface area contributed by atoms with Gasteiger partial charge in [0.2, 0.25) is 5.91 Å². The average molecular weight is 303 g/mol. The van der Waals surface area contributed by atoms with E-state index in [1.807, 2.05) is 26.8 Å². The number of carbonyl (C=O) groups excluding carboxylic acids is 2. The zero-order valence-electron chi connectivity index (χ0n) is 13.5. The summed E-state index contributed by atoms with van der Waals surface area (Å²) >= 11 is 0. The normalized spacial score (nSPS) is 15.6. The number of hydrogen-bond donors (Lipinski definition) is 3. The molecule has 0 atom stereocenters. The van der Waals surface area contributed by atoms with E-state index in [0.717, 1.165) is 37.2 Å². The number of hydrogen-bond acceptors (Lipinski definition) is 3. The van der Waals surface area contributed by atoms with Crippen LogP contribution in [0.3, 0.4) is 0 Å². The topological polar surface area (TPSA) is 70.2 Å². The summed E-state index contributed by atoms with van der Waals surface area (Å²) in [7, 11) is 0.